The fraction of sp³-hybridized carbons (Fsp3) is 0.0909. The number of non-ortho nitro benzene ring substituents is 1. The molecule has 0 saturated heterocycles. The molecule has 98 valence electrons. The smallest absolute Gasteiger partial charge is 0.274 e. The number of carbonyl (C=O) groups is 1. The lowest BCUT2D eigenvalue weighted by molar-refractivity contribution is -0.384. The molecule has 0 unspecified atom stereocenters. The largest absolute Gasteiger partial charge is 0.506 e. The van der Waals surface area contributed by atoms with Gasteiger partial charge in [-0.15, -0.1) is 0 Å². The summed E-state index contributed by atoms with van der Waals surface area (Å²) in [5.41, 5.74) is 0.144. The Labute approximate surface area is 107 Å². The number of hydrogen-bond donors (Lipinski definition) is 2. The van der Waals surface area contributed by atoms with Gasteiger partial charge < -0.3 is 10.4 Å². The number of phenolic OH excluding ortho intramolecular Hbond substituents is 1. The standard InChI is InChI=1S/C11H10N4O4/c1-14-9(4-5-12-14)11(17)13-8-3-2-7(15(18)19)6-10(8)16/h2-6,16H,1H3,(H,13,17). The van der Waals surface area contributed by atoms with E-state index in [-0.39, 0.29) is 17.1 Å². The number of carbonyl (C=O) groups excluding carboxylic acids is 1. The van der Waals surface area contributed by atoms with Gasteiger partial charge in [-0.1, -0.05) is 0 Å². The molecular formula is C11H10N4O4. The van der Waals surface area contributed by atoms with E-state index >= 15 is 0 Å². The van der Waals surface area contributed by atoms with Crippen LogP contribution >= 0.6 is 0 Å². The van der Waals surface area contributed by atoms with Crippen LogP contribution in [0.2, 0.25) is 0 Å². The summed E-state index contributed by atoms with van der Waals surface area (Å²) in [6.07, 6.45) is 1.46. The Morgan fingerprint density at radius 1 is 1.47 bits per heavy atom. The zero-order chi connectivity index (χ0) is 14.0. The van der Waals surface area contributed by atoms with Gasteiger partial charge >= 0.3 is 0 Å². The molecule has 0 aliphatic rings. The first-order valence-corrected chi connectivity index (χ1v) is 5.26. The first-order chi connectivity index (χ1) is 8.99. The highest BCUT2D eigenvalue weighted by molar-refractivity contribution is 6.03. The number of nitrogens with one attached hydrogen (secondary N) is 1. The highest BCUT2D eigenvalue weighted by atomic mass is 16.6. The molecule has 2 aromatic rings. The van der Waals surface area contributed by atoms with E-state index in [0.29, 0.717) is 5.69 Å². The topological polar surface area (TPSA) is 110 Å². The number of benzene rings is 1. The number of hydrogen-bond acceptors (Lipinski definition) is 5. The van der Waals surface area contributed by atoms with Gasteiger partial charge in [-0.2, -0.15) is 5.10 Å². The second-order valence-corrected chi connectivity index (χ2v) is 3.75. The number of rotatable bonds is 3. The molecule has 1 aromatic heterocycles. The summed E-state index contributed by atoms with van der Waals surface area (Å²) in [5, 5.41) is 26.4. The van der Waals surface area contributed by atoms with Crippen molar-refractivity contribution in [2.24, 2.45) is 7.05 Å². The maximum absolute atomic E-state index is 11.9. The van der Waals surface area contributed by atoms with Crippen LogP contribution in [0.3, 0.4) is 0 Å². The predicted molar refractivity (Wildman–Crippen MR) is 65.9 cm³/mol. The summed E-state index contributed by atoms with van der Waals surface area (Å²) in [5.74, 6) is -0.839. The number of anilines is 1. The molecule has 0 aliphatic carbocycles. The molecule has 0 aliphatic heterocycles. The van der Waals surface area contributed by atoms with Gasteiger partial charge in [0.25, 0.3) is 11.6 Å². The molecule has 0 spiro atoms. The number of nitro benzene ring substituents is 1. The van der Waals surface area contributed by atoms with Crippen molar-refractivity contribution in [3.63, 3.8) is 0 Å². The van der Waals surface area contributed by atoms with Gasteiger partial charge in [-0.05, 0) is 12.1 Å². The van der Waals surface area contributed by atoms with Crippen LogP contribution in [0.25, 0.3) is 0 Å². The molecule has 8 heteroatoms. The van der Waals surface area contributed by atoms with Crippen molar-refractivity contribution in [2.45, 2.75) is 0 Å². The van der Waals surface area contributed by atoms with Crippen LogP contribution in [0.4, 0.5) is 11.4 Å². The highest BCUT2D eigenvalue weighted by Gasteiger charge is 2.14. The number of aromatic nitrogens is 2. The summed E-state index contributed by atoms with van der Waals surface area (Å²) in [4.78, 5) is 21.7. The van der Waals surface area contributed by atoms with Crippen LogP contribution in [0, 0.1) is 10.1 Å². The van der Waals surface area contributed by atoms with E-state index in [9.17, 15) is 20.0 Å². The highest BCUT2D eigenvalue weighted by Crippen LogP contribution is 2.28. The van der Waals surface area contributed by atoms with Gasteiger partial charge in [-0.25, -0.2) is 0 Å². The Bertz CT molecular complexity index is 650. The fourth-order valence-corrected chi connectivity index (χ4v) is 1.52. The van der Waals surface area contributed by atoms with Crippen LogP contribution in [0.15, 0.2) is 30.5 Å². The van der Waals surface area contributed by atoms with Crippen molar-refractivity contribution >= 4 is 17.3 Å². The van der Waals surface area contributed by atoms with E-state index in [0.717, 1.165) is 6.07 Å². The molecule has 1 aromatic carbocycles. The summed E-state index contributed by atoms with van der Waals surface area (Å²) in [7, 11) is 1.60. The van der Waals surface area contributed by atoms with E-state index in [2.05, 4.69) is 10.4 Å². The van der Waals surface area contributed by atoms with Gasteiger partial charge in [0.2, 0.25) is 0 Å². The van der Waals surface area contributed by atoms with Gasteiger partial charge in [0.15, 0.2) is 0 Å². The number of amides is 1. The monoisotopic (exact) mass is 262 g/mol. The first kappa shape index (κ1) is 12.6. The van der Waals surface area contributed by atoms with Crippen LogP contribution in [-0.2, 0) is 7.05 Å². The first-order valence-electron chi connectivity index (χ1n) is 5.26. The molecule has 0 bridgehead atoms. The van der Waals surface area contributed by atoms with Crippen molar-refractivity contribution < 1.29 is 14.8 Å². The third-order valence-electron chi connectivity index (χ3n) is 2.49. The van der Waals surface area contributed by atoms with Crippen molar-refractivity contribution in [3.8, 4) is 5.75 Å². The summed E-state index contributed by atoms with van der Waals surface area (Å²) in [6, 6.07) is 4.94. The van der Waals surface area contributed by atoms with Crippen molar-refractivity contribution in [2.75, 3.05) is 5.32 Å². The lowest BCUT2D eigenvalue weighted by Gasteiger charge is -2.07. The Kier molecular flexibility index (Phi) is 3.15. The molecule has 2 rings (SSSR count). The lowest BCUT2D eigenvalue weighted by Crippen LogP contribution is -2.16. The third-order valence-corrected chi connectivity index (χ3v) is 2.49. The zero-order valence-corrected chi connectivity index (χ0v) is 9.90. The van der Waals surface area contributed by atoms with E-state index in [1.165, 1.54) is 29.1 Å². The molecule has 8 nitrogen and oxygen atoms in total. The van der Waals surface area contributed by atoms with E-state index in [4.69, 9.17) is 0 Å². The minimum Gasteiger partial charge on any atom is -0.506 e. The molecule has 2 N–H and O–H groups in total. The van der Waals surface area contributed by atoms with E-state index in [1.54, 1.807) is 7.05 Å². The van der Waals surface area contributed by atoms with Crippen LogP contribution in [0.1, 0.15) is 10.5 Å². The maximum atomic E-state index is 11.9. The van der Waals surface area contributed by atoms with Crippen molar-refractivity contribution in [1.82, 2.24) is 9.78 Å². The van der Waals surface area contributed by atoms with Crippen LogP contribution < -0.4 is 5.32 Å². The Balaban J connectivity index is 2.23. The molecule has 0 saturated carbocycles. The molecule has 1 amide bonds. The quantitative estimate of drug-likeness (QED) is 0.492. The zero-order valence-electron chi connectivity index (χ0n) is 9.90. The van der Waals surface area contributed by atoms with Crippen LogP contribution in [0.5, 0.6) is 5.75 Å². The SMILES string of the molecule is Cn1nccc1C(=O)Nc1ccc([N+](=O)[O-])cc1O. The number of aryl methyl sites for hydroxylation is 1. The van der Waals surface area contributed by atoms with E-state index in [1.807, 2.05) is 0 Å². The molecule has 0 atom stereocenters. The minimum atomic E-state index is -0.633. The Hall–Kier alpha value is -2.90. The summed E-state index contributed by atoms with van der Waals surface area (Å²) >= 11 is 0. The van der Waals surface area contributed by atoms with Crippen molar-refractivity contribution in [3.05, 3.63) is 46.3 Å². The summed E-state index contributed by atoms with van der Waals surface area (Å²) in [6.45, 7) is 0. The maximum Gasteiger partial charge on any atom is 0.274 e. The number of phenols is 1. The number of aromatic hydroxyl groups is 1. The van der Waals surface area contributed by atoms with Gasteiger partial charge in [0, 0.05) is 19.3 Å². The molecule has 19 heavy (non-hydrogen) atoms. The van der Waals surface area contributed by atoms with Gasteiger partial charge in [-0.3, -0.25) is 19.6 Å². The molecular weight excluding hydrogens is 252 g/mol. The Morgan fingerprint density at radius 2 is 2.21 bits per heavy atom. The van der Waals surface area contributed by atoms with Gasteiger partial charge in [0.1, 0.15) is 11.4 Å². The number of nitrogens with zero attached hydrogens (tertiary/aromatic N) is 3. The molecule has 0 fully saturated rings. The lowest BCUT2D eigenvalue weighted by atomic mass is 10.2. The summed E-state index contributed by atoms with van der Waals surface area (Å²) < 4.78 is 1.37. The second kappa shape index (κ2) is 4.77. The fourth-order valence-electron chi connectivity index (χ4n) is 1.52. The second-order valence-electron chi connectivity index (χ2n) is 3.75. The minimum absolute atomic E-state index is 0.0943. The third kappa shape index (κ3) is 2.51. The average molecular weight is 262 g/mol. The normalized spacial score (nSPS) is 10.2. The number of nitro groups is 1. The van der Waals surface area contributed by atoms with E-state index < -0.39 is 10.8 Å². The molecule has 1 heterocycles. The Morgan fingerprint density at radius 3 is 2.74 bits per heavy atom. The molecule has 0 radical (unpaired) electrons. The van der Waals surface area contributed by atoms with Crippen molar-refractivity contribution in [1.29, 1.82) is 0 Å². The average Bonchev–Trinajstić information content (AvgIpc) is 2.77. The predicted octanol–water partition coefficient (Wildman–Crippen LogP) is 1.29. The van der Waals surface area contributed by atoms with Gasteiger partial charge in [0.05, 0.1) is 16.7 Å². The van der Waals surface area contributed by atoms with Crippen LogP contribution in [-0.4, -0.2) is 25.7 Å².